The van der Waals surface area contributed by atoms with Crippen molar-refractivity contribution in [2.45, 2.75) is 19.9 Å². The molecule has 4 nitrogen and oxygen atoms in total. The SMILES string of the molecule is CN(Cc1ccco1)C(=O)C1(C)CCNC1. The molecule has 88 valence electrons. The van der Waals surface area contributed by atoms with Gasteiger partial charge in [0, 0.05) is 13.6 Å². The Morgan fingerprint density at radius 1 is 1.69 bits per heavy atom. The monoisotopic (exact) mass is 222 g/mol. The highest BCUT2D eigenvalue weighted by Gasteiger charge is 2.38. The average molecular weight is 222 g/mol. The second-order valence-corrected chi connectivity index (χ2v) is 4.73. The minimum absolute atomic E-state index is 0.189. The van der Waals surface area contributed by atoms with Gasteiger partial charge in [0.25, 0.3) is 0 Å². The number of nitrogens with zero attached hydrogens (tertiary/aromatic N) is 1. The zero-order valence-corrected chi connectivity index (χ0v) is 9.82. The maximum Gasteiger partial charge on any atom is 0.229 e. The third-order valence-corrected chi connectivity index (χ3v) is 3.20. The number of hydrogen-bond donors (Lipinski definition) is 1. The molecular weight excluding hydrogens is 204 g/mol. The van der Waals surface area contributed by atoms with Gasteiger partial charge in [-0.25, -0.2) is 0 Å². The minimum atomic E-state index is -0.249. The average Bonchev–Trinajstić information content (AvgIpc) is 2.89. The summed E-state index contributed by atoms with van der Waals surface area (Å²) in [5, 5.41) is 3.24. The molecule has 1 saturated heterocycles. The predicted molar refractivity (Wildman–Crippen MR) is 60.8 cm³/mol. The van der Waals surface area contributed by atoms with Crippen molar-refractivity contribution in [1.82, 2.24) is 10.2 Å². The Hall–Kier alpha value is -1.29. The van der Waals surface area contributed by atoms with Crippen LogP contribution < -0.4 is 5.32 Å². The van der Waals surface area contributed by atoms with E-state index in [0.717, 1.165) is 25.3 Å². The van der Waals surface area contributed by atoms with Crippen LogP contribution in [0.25, 0.3) is 0 Å². The van der Waals surface area contributed by atoms with Gasteiger partial charge >= 0.3 is 0 Å². The van der Waals surface area contributed by atoms with Gasteiger partial charge in [0.05, 0.1) is 18.2 Å². The molecule has 0 bridgehead atoms. The summed E-state index contributed by atoms with van der Waals surface area (Å²) >= 11 is 0. The fourth-order valence-corrected chi connectivity index (χ4v) is 2.17. The summed E-state index contributed by atoms with van der Waals surface area (Å²) in [5.74, 6) is 1.01. The van der Waals surface area contributed by atoms with Crippen LogP contribution in [0.4, 0.5) is 0 Å². The number of furan rings is 1. The van der Waals surface area contributed by atoms with Gasteiger partial charge in [-0.2, -0.15) is 0 Å². The van der Waals surface area contributed by atoms with Gasteiger partial charge in [-0.3, -0.25) is 4.79 Å². The molecule has 2 heterocycles. The molecule has 0 aromatic carbocycles. The Balaban J connectivity index is 1.99. The fraction of sp³-hybridized carbons (Fsp3) is 0.583. The lowest BCUT2D eigenvalue weighted by Gasteiger charge is -2.27. The van der Waals surface area contributed by atoms with E-state index in [4.69, 9.17) is 4.42 Å². The van der Waals surface area contributed by atoms with Crippen LogP contribution in [0.3, 0.4) is 0 Å². The molecule has 1 fully saturated rings. The van der Waals surface area contributed by atoms with Crippen molar-refractivity contribution in [1.29, 1.82) is 0 Å². The van der Waals surface area contributed by atoms with Crippen LogP contribution in [-0.4, -0.2) is 30.9 Å². The quantitative estimate of drug-likeness (QED) is 0.837. The van der Waals surface area contributed by atoms with Gasteiger partial charge in [-0.1, -0.05) is 0 Å². The molecule has 0 spiro atoms. The molecule has 1 aromatic heterocycles. The van der Waals surface area contributed by atoms with E-state index in [2.05, 4.69) is 5.32 Å². The summed E-state index contributed by atoms with van der Waals surface area (Å²) in [6.07, 6.45) is 2.54. The molecule has 4 heteroatoms. The normalized spacial score (nSPS) is 24.6. The van der Waals surface area contributed by atoms with Crippen LogP contribution in [-0.2, 0) is 11.3 Å². The lowest BCUT2D eigenvalue weighted by molar-refractivity contribution is -0.139. The molecule has 0 radical (unpaired) electrons. The van der Waals surface area contributed by atoms with Crippen LogP contribution in [0.1, 0.15) is 19.1 Å². The van der Waals surface area contributed by atoms with Gasteiger partial charge in [-0.05, 0) is 32.0 Å². The van der Waals surface area contributed by atoms with Gasteiger partial charge < -0.3 is 14.6 Å². The van der Waals surface area contributed by atoms with Crippen molar-refractivity contribution in [3.63, 3.8) is 0 Å². The van der Waals surface area contributed by atoms with Crippen molar-refractivity contribution in [2.75, 3.05) is 20.1 Å². The van der Waals surface area contributed by atoms with E-state index in [0.29, 0.717) is 6.54 Å². The maximum absolute atomic E-state index is 12.2. The molecule has 0 aliphatic carbocycles. The van der Waals surface area contributed by atoms with Crippen LogP contribution in [0.15, 0.2) is 22.8 Å². The molecule has 0 saturated carbocycles. The standard InChI is InChI=1S/C12H18N2O2/c1-12(5-6-13-9-12)11(15)14(2)8-10-4-3-7-16-10/h3-4,7,13H,5-6,8-9H2,1-2H3. The first-order valence-electron chi connectivity index (χ1n) is 5.60. The molecule has 1 aliphatic rings. The van der Waals surface area contributed by atoms with Crippen molar-refractivity contribution < 1.29 is 9.21 Å². The summed E-state index contributed by atoms with van der Waals surface area (Å²) in [6, 6.07) is 3.73. The number of rotatable bonds is 3. The Bertz CT molecular complexity index is 353. The summed E-state index contributed by atoms with van der Waals surface area (Å²) in [4.78, 5) is 14.0. The summed E-state index contributed by atoms with van der Waals surface area (Å²) in [5.41, 5.74) is -0.249. The van der Waals surface area contributed by atoms with Gasteiger partial charge in [0.1, 0.15) is 5.76 Å². The van der Waals surface area contributed by atoms with Gasteiger partial charge in [0.2, 0.25) is 5.91 Å². The highest BCUT2D eigenvalue weighted by molar-refractivity contribution is 5.82. The summed E-state index contributed by atoms with van der Waals surface area (Å²) in [7, 11) is 1.83. The highest BCUT2D eigenvalue weighted by atomic mass is 16.3. The lowest BCUT2D eigenvalue weighted by atomic mass is 9.88. The molecule has 1 amide bonds. The zero-order valence-electron chi connectivity index (χ0n) is 9.82. The second-order valence-electron chi connectivity index (χ2n) is 4.73. The van der Waals surface area contributed by atoms with E-state index < -0.39 is 0 Å². The zero-order chi connectivity index (χ0) is 11.6. The number of hydrogen-bond acceptors (Lipinski definition) is 3. The first-order valence-corrected chi connectivity index (χ1v) is 5.60. The summed E-state index contributed by atoms with van der Waals surface area (Å²) in [6.45, 7) is 4.26. The van der Waals surface area contributed by atoms with Gasteiger partial charge in [-0.15, -0.1) is 0 Å². The largest absolute Gasteiger partial charge is 0.467 e. The number of nitrogens with one attached hydrogen (secondary N) is 1. The number of amides is 1. The molecule has 2 rings (SSSR count). The Kier molecular flexibility index (Phi) is 3.01. The van der Waals surface area contributed by atoms with E-state index in [9.17, 15) is 4.79 Å². The smallest absolute Gasteiger partial charge is 0.229 e. The first-order chi connectivity index (χ1) is 7.62. The molecule has 1 N–H and O–H groups in total. The summed E-state index contributed by atoms with van der Waals surface area (Å²) < 4.78 is 5.24. The first kappa shape index (κ1) is 11.2. The molecule has 1 unspecified atom stereocenters. The Morgan fingerprint density at radius 2 is 2.50 bits per heavy atom. The Morgan fingerprint density at radius 3 is 3.06 bits per heavy atom. The highest BCUT2D eigenvalue weighted by Crippen LogP contribution is 2.27. The van der Waals surface area contributed by atoms with E-state index in [1.54, 1.807) is 11.2 Å². The lowest BCUT2D eigenvalue weighted by Crippen LogP contribution is -2.41. The van der Waals surface area contributed by atoms with Gasteiger partial charge in [0.15, 0.2) is 0 Å². The van der Waals surface area contributed by atoms with Crippen LogP contribution in [0, 0.1) is 5.41 Å². The molecule has 1 atom stereocenters. The van der Waals surface area contributed by atoms with E-state index in [-0.39, 0.29) is 11.3 Å². The predicted octanol–water partition coefficient (Wildman–Crippen LogP) is 1.24. The number of carbonyl (C=O) groups excluding carboxylic acids is 1. The van der Waals surface area contributed by atoms with E-state index >= 15 is 0 Å². The molecule has 1 aromatic rings. The van der Waals surface area contributed by atoms with Crippen molar-refractivity contribution >= 4 is 5.91 Å². The number of carbonyl (C=O) groups is 1. The Labute approximate surface area is 95.6 Å². The van der Waals surface area contributed by atoms with E-state index in [1.165, 1.54) is 0 Å². The van der Waals surface area contributed by atoms with Crippen molar-refractivity contribution in [3.05, 3.63) is 24.2 Å². The third-order valence-electron chi connectivity index (χ3n) is 3.20. The molecule has 1 aliphatic heterocycles. The molecule has 16 heavy (non-hydrogen) atoms. The van der Waals surface area contributed by atoms with Crippen LogP contribution >= 0.6 is 0 Å². The topological polar surface area (TPSA) is 45.5 Å². The fourth-order valence-electron chi connectivity index (χ4n) is 2.17. The maximum atomic E-state index is 12.2. The van der Waals surface area contributed by atoms with Crippen LogP contribution in [0.5, 0.6) is 0 Å². The van der Waals surface area contributed by atoms with Crippen molar-refractivity contribution in [3.8, 4) is 0 Å². The van der Waals surface area contributed by atoms with Crippen LogP contribution in [0.2, 0.25) is 0 Å². The second kappa shape index (κ2) is 4.29. The molecular formula is C12H18N2O2. The minimum Gasteiger partial charge on any atom is -0.467 e. The van der Waals surface area contributed by atoms with Crippen molar-refractivity contribution in [2.24, 2.45) is 5.41 Å². The van der Waals surface area contributed by atoms with E-state index in [1.807, 2.05) is 26.1 Å². The third kappa shape index (κ3) is 2.11.